The van der Waals surface area contributed by atoms with Gasteiger partial charge < -0.3 is 10.1 Å². The van der Waals surface area contributed by atoms with Gasteiger partial charge in [-0.2, -0.15) is 0 Å². The monoisotopic (exact) mass is 644 g/mol. The van der Waals surface area contributed by atoms with Gasteiger partial charge in [0.2, 0.25) is 0 Å². The number of imidazole rings is 1. The van der Waals surface area contributed by atoms with Crippen LogP contribution in [0.3, 0.4) is 0 Å². The Morgan fingerprint density at radius 1 is 0.821 bits per heavy atom. The average Bonchev–Trinajstić information content (AvgIpc) is 3.26. The zero-order chi connectivity index (χ0) is 27.4. The Morgan fingerprint density at radius 3 is 2.05 bits per heavy atom. The van der Waals surface area contributed by atoms with Gasteiger partial charge in [0.1, 0.15) is 18.8 Å². The van der Waals surface area contributed by atoms with E-state index in [1.54, 1.807) is 0 Å². The number of methoxy groups -OCH3 is 1. The molecule has 0 atom stereocenters. The van der Waals surface area contributed by atoms with E-state index in [0.29, 0.717) is 24.4 Å². The number of fused-ring (bicyclic) bond motifs is 1. The zero-order valence-corrected chi connectivity index (χ0v) is 24.9. The average molecular weight is 646 g/mol. The van der Waals surface area contributed by atoms with E-state index in [1.807, 2.05) is 37.3 Å². The molecule has 0 aliphatic heterocycles. The summed E-state index contributed by atoms with van der Waals surface area (Å²) in [5.74, 6) is 0.498. The minimum Gasteiger partial charge on any atom is -0.466 e. The molecular weight excluding hydrogens is 618 g/mol. The maximum atomic E-state index is 13.0. The Labute approximate surface area is 245 Å². The van der Waals surface area contributed by atoms with Crippen LogP contribution >= 0.6 is 31.9 Å². The number of hydrogen-bond donors (Lipinski definition) is 1. The molecular formula is C32H28Br2N3O2+. The second kappa shape index (κ2) is 12.0. The number of nitrogens with one attached hydrogen (secondary N) is 1. The Hall–Kier alpha value is -3.68. The van der Waals surface area contributed by atoms with Crippen molar-refractivity contribution in [3.8, 4) is 0 Å². The number of benzene rings is 4. The van der Waals surface area contributed by atoms with Crippen LogP contribution in [0.2, 0.25) is 0 Å². The Morgan fingerprint density at radius 2 is 1.41 bits per heavy atom. The number of para-hydroxylation sites is 3. The van der Waals surface area contributed by atoms with Crippen LogP contribution < -0.4 is 9.88 Å². The van der Waals surface area contributed by atoms with Crippen molar-refractivity contribution in [2.75, 3.05) is 12.4 Å². The molecule has 0 spiro atoms. The van der Waals surface area contributed by atoms with E-state index in [1.165, 1.54) is 7.11 Å². The number of anilines is 1. The largest absolute Gasteiger partial charge is 0.466 e. The molecule has 0 saturated carbocycles. The third-order valence-electron chi connectivity index (χ3n) is 6.62. The number of aromatic nitrogens is 2. The van der Waals surface area contributed by atoms with Gasteiger partial charge in [0.25, 0.3) is 0 Å². The van der Waals surface area contributed by atoms with Crippen LogP contribution in [0.5, 0.6) is 0 Å². The molecule has 0 fully saturated rings. The Kier molecular flexibility index (Phi) is 8.29. The number of rotatable bonds is 8. The number of nitrogens with zero attached hydrogens (tertiary/aromatic N) is 2. The van der Waals surface area contributed by atoms with Crippen molar-refractivity contribution < 1.29 is 14.1 Å². The first-order chi connectivity index (χ1) is 18.9. The fraction of sp³-hybridized carbons (Fsp3) is 0.125. The van der Waals surface area contributed by atoms with Crippen molar-refractivity contribution in [3.63, 3.8) is 0 Å². The normalized spacial score (nSPS) is 11.8. The highest BCUT2D eigenvalue weighted by Crippen LogP contribution is 2.27. The second-order valence-electron chi connectivity index (χ2n) is 9.22. The summed E-state index contributed by atoms with van der Waals surface area (Å²) in [5.41, 5.74) is 6.49. The number of ether oxygens (including phenoxy) is 1. The molecule has 39 heavy (non-hydrogen) atoms. The van der Waals surface area contributed by atoms with E-state index in [9.17, 15) is 4.79 Å². The van der Waals surface area contributed by atoms with Gasteiger partial charge in [-0.3, -0.25) is 0 Å². The highest BCUT2D eigenvalue weighted by molar-refractivity contribution is 9.10. The van der Waals surface area contributed by atoms with Crippen LogP contribution in [0.1, 0.15) is 23.9 Å². The van der Waals surface area contributed by atoms with Gasteiger partial charge >= 0.3 is 11.8 Å². The third-order valence-corrected chi connectivity index (χ3v) is 7.67. The molecule has 0 saturated heterocycles. The minimum atomic E-state index is -0.385. The van der Waals surface area contributed by atoms with Gasteiger partial charge in [0.15, 0.2) is 11.0 Å². The summed E-state index contributed by atoms with van der Waals surface area (Å²) in [7, 11) is 1.42. The highest BCUT2D eigenvalue weighted by Gasteiger charge is 2.31. The SMILES string of the molecule is COC(=O)/C(C)=C(/Nc1ccccc1)c1n(Cc2ccc(Br)cc2)c2ccccc2[n+]1Cc1ccc(Br)cc1. The van der Waals surface area contributed by atoms with Gasteiger partial charge in [-0.15, -0.1) is 0 Å². The first kappa shape index (κ1) is 26.9. The maximum Gasteiger partial charge on any atom is 0.335 e. The lowest BCUT2D eigenvalue weighted by Gasteiger charge is -2.15. The van der Waals surface area contributed by atoms with Crippen LogP contribution in [0.25, 0.3) is 16.7 Å². The molecule has 0 amide bonds. The minimum absolute atomic E-state index is 0.385. The lowest BCUT2D eigenvalue weighted by molar-refractivity contribution is -0.665. The molecule has 1 aromatic heterocycles. The maximum absolute atomic E-state index is 13.0. The molecule has 5 rings (SSSR count). The molecule has 0 unspecified atom stereocenters. The smallest absolute Gasteiger partial charge is 0.335 e. The van der Waals surface area contributed by atoms with Crippen molar-refractivity contribution in [1.82, 2.24) is 4.57 Å². The third kappa shape index (κ3) is 6.00. The van der Waals surface area contributed by atoms with Crippen molar-refractivity contribution in [2.45, 2.75) is 20.0 Å². The van der Waals surface area contributed by atoms with Gasteiger partial charge in [-0.05, 0) is 66.6 Å². The van der Waals surface area contributed by atoms with Crippen molar-refractivity contribution in [3.05, 3.63) is 135 Å². The van der Waals surface area contributed by atoms with E-state index in [-0.39, 0.29) is 5.97 Å². The Balaban J connectivity index is 1.79. The lowest BCUT2D eigenvalue weighted by atomic mass is 10.1. The predicted molar refractivity (Wildman–Crippen MR) is 163 cm³/mol. The van der Waals surface area contributed by atoms with E-state index >= 15 is 0 Å². The van der Waals surface area contributed by atoms with Crippen LogP contribution in [0, 0.1) is 0 Å². The summed E-state index contributed by atoms with van der Waals surface area (Å²) in [5, 5.41) is 3.56. The summed E-state index contributed by atoms with van der Waals surface area (Å²) in [4.78, 5) is 13.0. The second-order valence-corrected chi connectivity index (χ2v) is 11.1. The van der Waals surface area contributed by atoms with Gasteiger partial charge in [0, 0.05) is 14.6 Å². The van der Waals surface area contributed by atoms with E-state index in [2.05, 4.69) is 119 Å². The number of carbonyl (C=O) groups excluding carboxylic acids is 1. The van der Waals surface area contributed by atoms with Crippen molar-refractivity contribution in [1.29, 1.82) is 0 Å². The molecule has 1 N–H and O–H groups in total. The summed E-state index contributed by atoms with van der Waals surface area (Å²) in [6, 6.07) is 34.9. The molecule has 0 aliphatic carbocycles. The molecule has 4 aromatic carbocycles. The molecule has 5 nitrogen and oxygen atoms in total. The quantitative estimate of drug-likeness (QED) is 0.108. The van der Waals surface area contributed by atoms with Crippen LogP contribution in [-0.2, 0) is 22.6 Å². The number of halogens is 2. The lowest BCUT2D eigenvalue weighted by Crippen LogP contribution is -2.40. The van der Waals surface area contributed by atoms with Gasteiger partial charge in [-0.1, -0.05) is 86.5 Å². The van der Waals surface area contributed by atoms with Gasteiger partial charge in [0.05, 0.1) is 12.7 Å². The predicted octanol–water partition coefficient (Wildman–Crippen LogP) is 7.57. The van der Waals surface area contributed by atoms with E-state index < -0.39 is 0 Å². The summed E-state index contributed by atoms with van der Waals surface area (Å²) >= 11 is 7.10. The van der Waals surface area contributed by atoms with E-state index in [4.69, 9.17) is 4.74 Å². The molecule has 1 heterocycles. The number of carbonyl (C=O) groups is 1. The molecule has 196 valence electrons. The van der Waals surface area contributed by atoms with Crippen LogP contribution in [0.15, 0.2) is 118 Å². The summed E-state index contributed by atoms with van der Waals surface area (Å²) < 4.78 is 11.8. The zero-order valence-electron chi connectivity index (χ0n) is 21.7. The number of esters is 1. The van der Waals surface area contributed by atoms with Crippen molar-refractivity contribution >= 4 is 60.2 Å². The Bertz CT molecular complexity index is 1560. The topological polar surface area (TPSA) is 47.1 Å². The molecule has 0 aliphatic rings. The standard InChI is InChI=1S/C32H27Br2N3O2/c1-22(32(38)39-2)30(35-27-8-4-3-5-9-27)31-36(20-23-12-16-25(33)17-13-23)28-10-6-7-11-29(28)37(31)21-24-14-18-26(34)19-15-24/h3-19H,20-21H2,1-2H3/p+1. The number of hydrogen-bond acceptors (Lipinski definition) is 3. The van der Waals surface area contributed by atoms with Gasteiger partial charge in [-0.25, -0.2) is 13.9 Å². The first-order valence-corrected chi connectivity index (χ1v) is 14.1. The fourth-order valence-corrected chi connectivity index (χ4v) is 5.20. The van der Waals surface area contributed by atoms with E-state index in [0.717, 1.165) is 42.6 Å². The highest BCUT2D eigenvalue weighted by atomic mass is 79.9. The summed E-state index contributed by atoms with van der Waals surface area (Å²) in [6.45, 7) is 3.04. The molecule has 0 bridgehead atoms. The molecule has 5 aromatic rings. The van der Waals surface area contributed by atoms with Crippen LogP contribution in [0.4, 0.5) is 5.69 Å². The van der Waals surface area contributed by atoms with Crippen molar-refractivity contribution in [2.24, 2.45) is 0 Å². The first-order valence-electron chi connectivity index (χ1n) is 12.6. The van der Waals surface area contributed by atoms with Crippen LogP contribution in [-0.4, -0.2) is 17.6 Å². The fourth-order valence-electron chi connectivity index (χ4n) is 4.67. The summed E-state index contributed by atoms with van der Waals surface area (Å²) in [6.07, 6.45) is 0. The molecule has 7 heteroatoms. The molecule has 0 radical (unpaired) electrons.